The maximum absolute atomic E-state index is 13.4. The highest BCUT2D eigenvalue weighted by atomic mass is 19.1. The number of halogens is 1. The lowest BCUT2D eigenvalue weighted by atomic mass is 10.0. The van der Waals surface area contributed by atoms with Crippen molar-refractivity contribution in [2.45, 2.75) is 31.5 Å². The molecular formula is C20H23FN2O3. The molecule has 3 aliphatic rings. The Hall–Kier alpha value is -2.05. The van der Waals surface area contributed by atoms with E-state index in [9.17, 15) is 14.3 Å². The number of fused-ring (bicyclic) bond motifs is 1. The van der Waals surface area contributed by atoms with E-state index in [2.05, 4.69) is 9.89 Å². The highest BCUT2D eigenvalue weighted by Gasteiger charge is 2.42. The molecule has 0 spiro atoms. The molecule has 1 N–H and O–H groups in total. The molecule has 138 valence electrons. The van der Waals surface area contributed by atoms with Gasteiger partial charge in [0.05, 0.1) is 18.8 Å². The van der Waals surface area contributed by atoms with Gasteiger partial charge in [-0.05, 0) is 49.3 Å². The van der Waals surface area contributed by atoms with Gasteiger partial charge in [0.15, 0.2) is 17.3 Å². The summed E-state index contributed by atoms with van der Waals surface area (Å²) < 4.78 is 19.6. The number of phenols is 1. The van der Waals surface area contributed by atoms with E-state index in [4.69, 9.17) is 4.74 Å². The summed E-state index contributed by atoms with van der Waals surface area (Å²) in [5.41, 5.74) is 0.309. The molecule has 1 aromatic rings. The van der Waals surface area contributed by atoms with Crippen LogP contribution in [0.5, 0.6) is 5.75 Å². The van der Waals surface area contributed by atoms with Crippen LogP contribution in [0.4, 0.5) is 4.39 Å². The first-order valence-electron chi connectivity index (χ1n) is 9.16. The minimum Gasteiger partial charge on any atom is -0.505 e. The number of aliphatic imine (C=N–C) groups is 1. The van der Waals surface area contributed by atoms with E-state index in [-0.39, 0.29) is 18.0 Å². The lowest BCUT2D eigenvalue weighted by molar-refractivity contribution is 0.0244. The minimum atomic E-state index is -0.754. The number of rotatable bonds is 5. The van der Waals surface area contributed by atoms with Crippen LogP contribution < -0.4 is 0 Å². The van der Waals surface area contributed by atoms with Crippen molar-refractivity contribution in [3.8, 4) is 5.75 Å². The van der Waals surface area contributed by atoms with Gasteiger partial charge in [-0.3, -0.25) is 14.7 Å². The molecule has 1 aromatic carbocycles. The van der Waals surface area contributed by atoms with Gasteiger partial charge in [0.2, 0.25) is 0 Å². The van der Waals surface area contributed by atoms with E-state index in [1.807, 2.05) is 12.3 Å². The Morgan fingerprint density at radius 3 is 2.73 bits per heavy atom. The summed E-state index contributed by atoms with van der Waals surface area (Å²) in [6, 6.07) is 3.81. The van der Waals surface area contributed by atoms with Crippen molar-refractivity contribution < 1.29 is 19.0 Å². The van der Waals surface area contributed by atoms with Crippen molar-refractivity contribution in [1.29, 1.82) is 0 Å². The minimum absolute atomic E-state index is 0.0888. The van der Waals surface area contributed by atoms with Crippen LogP contribution in [0.2, 0.25) is 0 Å². The highest BCUT2D eigenvalue weighted by molar-refractivity contribution is 5.97. The van der Waals surface area contributed by atoms with E-state index >= 15 is 0 Å². The van der Waals surface area contributed by atoms with Gasteiger partial charge < -0.3 is 9.84 Å². The monoisotopic (exact) mass is 358 g/mol. The highest BCUT2D eigenvalue weighted by Crippen LogP contribution is 2.40. The molecule has 0 aromatic heterocycles. The Labute approximate surface area is 152 Å². The first-order chi connectivity index (χ1) is 12.6. The maximum atomic E-state index is 13.4. The summed E-state index contributed by atoms with van der Waals surface area (Å²) >= 11 is 0. The molecule has 1 saturated heterocycles. The molecule has 0 amide bonds. The van der Waals surface area contributed by atoms with Gasteiger partial charge in [-0.15, -0.1) is 0 Å². The van der Waals surface area contributed by atoms with Crippen molar-refractivity contribution in [1.82, 2.24) is 4.90 Å². The number of ether oxygens (including phenoxy) is 1. The summed E-state index contributed by atoms with van der Waals surface area (Å²) in [4.78, 5) is 18.7. The van der Waals surface area contributed by atoms with Crippen LogP contribution in [0.25, 0.3) is 0 Å². The predicted octanol–water partition coefficient (Wildman–Crippen LogP) is 2.80. The summed E-state index contributed by atoms with van der Waals surface area (Å²) in [7, 11) is 0. The summed E-state index contributed by atoms with van der Waals surface area (Å²) in [5.74, 6) is -0.181. The fourth-order valence-corrected chi connectivity index (χ4v) is 4.36. The molecule has 0 bridgehead atoms. The average Bonchev–Trinajstić information content (AvgIpc) is 3.16. The summed E-state index contributed by atoms with van der Waals surface area (Å²) in [5, 5.41) is 9.24. The molecule has 2 heterocycles. The predicted molar refractivity (Wildman–Crippen MR) is 96.0 cm³/mol. The molecule has 6 heteroatoms. The van der Waals surface area contributed by atoms with Gasteiger partial charge in [0.1, 0.15) is 0 Å². The molecule has 4 atom stereocenters. The topological polar surface area (TPSA) is 62.1 Å². The molecule has 1 saturated carbocycles. The van der Waals surface area contributed by atoms with E-state index < -0.39 is 11.6 Å². The van der Waals surface area contributed by atoms with Gasteiger partial charge >= 0.3 is 0 Å². The molecule has 2 aliphatic heterocycles. The lowest BCUT2D eigenvalue weighted by Crippen LogP contribution is -2.30. The van der Waals surface area contributed by atoms with E-state index in [0.29, 0.717) is 23.9 Å². The van der Waals surface area contributed by atoms with E-state index in [1.54, 1.807) is 6.20 Å². The summed E-state index contributed by atoms with van der Waals surface area (Å²) in [6.45, 7) is 2.06. The van der Waals surface area contributed by atoms with Crippen LogP contribution in [-0.4, -0.2) is 53.8 Å². The molecule has 2 unspecified atom stereocenters. The van der Waals surface area contributed by atoms with Crippen LogP contribution in [-0.2, 0) is 4.74 Å². The first-order valence-corrected chi connectivity index (χ1v) is 9.16. The number of hydrogen-bond donors (Lipinski definition) is 1. The second-order valence-electron chi connectivity index (χ2n) is 7.49. The largest absolute Gasteiger partial charge is 0.505 e. The number of likely N-dealkylation sites (tertiary alicyclic amines) is 1. The fraction of sp³-hybridized carbons (Fsp3) is 0.500. The number of ketones is 1. The van der Waals surface area contributed by atoms with Gasteiger partial charge in [-0.2, -0.15) is 0 Å². The zero-order chi connectivity index (χ0) is 18.1. The number of Topliss-reactive ketones (excluding diaryl/α,β-unsaturated/α-hetero) is 1. The number of carbonyl (C=O) groups is 1. The van der Waals surface area contributed by atoms with E-state index in [1.165, 1.54) is 12.1 Å². The van der Waals surface area contributed by atoms with Gasteiger partial charge in [0.25, 0.3) is 0 Å². The Morgan fingerprint density at radius 2 is 2.08 bits per heavy atom. The Morgan fingerprint density at radius 1 is 1.31 bits per heavy atom. The van der Waals surface area contributed by atoms with Crippen molar-refractivity contribution in [2.75, 3.05) is 19.6 Å². The standard InChI is InChI=1S/C20H23FN2O3/c21-18-8-13(3-4-19(18)24)20(25)12-23-10-14-6-17(7-15(14)11-23)26-16-2-1-5-22-9-16/h1,3-5,8-9,14-17,24H,2,6-7,10-12H2/t14-,15+,16?,17?. The quantitative estimate of drug-likeness (QED) is 0.822. The SMILES string of the molecule is O=C(CN1C[C@H]2CC(OC3C=NC=CC3)C[C@H]2C1)c1ccc(O)c(F)c1. The number of hydrogen-bond acceptors (Lipinski definition) is 5. The fourth-order valence-electron chi connectivity index (χ4n) is 4.36. The van der Waals surface area contributed by atoms with Crippen LogP contribution >= 0.6 is 0 Å². The Balaban J connectivity index is 1.27. The molecule has 5 nitrogen and oxygen atoms in total. The number of benzene rings is 1. The van der Waals surface area contributed by atoms with Gasteiger partial charge in [-0.25, -0.2) is 4.39 Å². The van der Waals surface area contributed by atoms with Crippen molar-refractivity contribution >= 4 is 12.0 Å². The third-order valence-corrected chi connectivity index (χ3v) is 5.60. The normalized spacial score (nSPS) is 30.7. The zero-order valence-electron chi connectivity index (χ0n) is 14.6. The Bertz CT molecular complexity index is 735. The van der Waals surface area contributed by atoms with Crippen LogP contribution in [0.15, 0.2) is 35.5 Å². The second kappa shape index (κ2) is 7.29. The van der Waals surface area contributed by atoms with Gasteiger partial charge in [-0.1, -0.05) is 6.08 Å². The first kappa shape index (κ1) is 17.4. The second-order valence-corrected chi connectivity index (χ2v) is 7.49. The molecule has 26 heavy (non-hydrogen) atoms. The van der Waals surface area contributed by atoms with Crippen LogP contribution in [0.3, 0.4) is 0 Å². The van der Waals surface area contributed by atoms with E-state index in [0.717, 1.165) is 38.4 Å². The number of nitrogens with zero attached hydrogens (tertiary/aromatic N) is 2. The lowest BCUT2D eigenvalue weighted by Gasteiger charge is -2.22. The third-order valence-electron chi connectivity index (χ3n) is 5.60. The van der Waals surface area contributed by atoms with Crippen LogP contribution in [0, 0.1) is 17.7 Å². The smallest absolute Gasteiger partial charge is 0.176 e. The van der Waals surface area contributed by atoms with Crippen molar-refractivity contribution in [3.05, 3.63) is 41.9 Å². The number of aromatic hydroxyl groups is 1. The molecular weight excluding hydrogens is 335 g/mol. The van der Waals surface area contributed by atoms with Gasteiger partial charge in [0, 0.05) is 31.1 Å². The zero-order valence-corrected chi connectivity index (χ0v) is 14.6. The Kier molecular flexibility index (Phi) is 4.87. The average molecular weight is 358 g/mol. The molecule has 4 rings (SSSR count). The number of carbonyl (C=O) groups excluding carboxylic acids is 1. The summed E-state index contributed by atoms with van der Waals surface area (Å²) in [6.07, 6.45) is 9.00. The molecule has 2 fully saturated rings. The third kappa shape index (κ3) is 3.71. The van der Waals surface area contributed by atoms with Crippen LogP contribution in [0.1, 0.15) is 29.6 Å². The maximum Gasteiger partial charge on any atom is 0.176 e. The molecule has 0 radical (unpaired) electrons. The number of phenolic OH excluding ortho intramolecular Hbond substituents is 1. The van der Waals surface area contributed by atoms with Crippen molar-refractivity contribution in [2.24, 2.45) is 16.8 Å². The molecule has 1 aliphatic carbocycles. The van der Waals surface area contributed by atoms with Crippen molar-refractivity contribution in [3.63, 3.8) is 0 Å².